The molecule has 0 fully saturated rings. The first-order valence-electron chi connectivity index (χ1n) is 10.1. The van der Waals surface area contributed by atoms with E-state index in [1.54, 1.807) is 0 Å². The van der Waals surface area contributed by atoms with E-state index in [0.717, 1.165) is 0 Å². The van der Waals surface area contributed by atoms with E-state index < -0.39 is 0 Å². The molecule has 0 aliphatic carbocycles. The minimum absolute atomic E-state index is 0.0279. The average Bonchev–Trinajstić information content (AvgIpc) is 2.88. The van der Waals surface area contributed by atoms with Gasteiger partial charge in [0.25, 0.3) is 0 Å². The van der Waals surface area contributed by atoms with Crippen LogP contribution in [0.3, 0.4) is 0 Å². The molecule has 4 rings (SSSR count). The molecule has 0 aliphatic rings. The zero-order valence-corrected chi connectivity index (χ0v) is 24.4. The zero-order valence-electron chi connectivity index (χ0n) is 18.4. The number of nitrogen functional groups attached to an aromatic ring is 2. The predicted octanol–water partition coefficient (Wildman–Crippen LogP) is 10.7. The van der Waals surface area contributed by atoms with Gasteiger partial charge in [0, 0.05) is 23.3 Å². The standard InChI is InChI=1S/C24H12Cl8N2O4/c25-15-13(16(26)20(30)23(19(15)29)37-7-1-3-11(35)9(33)5-7)14-17(27)21(31)24(22(32)18(14)28)38-8-2-4-12(36)10(34)6-8/h1-6,35-36H,33-34H2. The summed E-state index contributed by atoms with van der Waals surface area (Å²) in [4.78, 5) is 0. The first kappa shape index (κ1) is 29.0. The second-order valence-electron chi connectivity index (χ2n) is 7.57. The van der Waals surface area contributed by atoms with Crippen molar-refractivity contribution in [3.8, 4) is 45.6 Å². The summed E-state index contributed by atoms with van der Waals surface area (Å²) in [5.41, 5.74) is 11.6. The van der Waals surface area contributed by atoms with E-state index in [-0.39, 0.29) is 97.2 Å². The first-order valence-corrected chi connectivity index (χ1v) is 13.1. The Hall–Kier alpha value is -2.00. The van der Waals surface area contributed by atoms with Gasteiger partial charge in [0.1, 0.15) is 43.1 Å². The SMILES string of the molecule is Nc1cc(Oc2c(Cl)c(Cl)c(-c3c(Cl)c(Cl)c(Oc4ccc(O)c(N)c4)c(Cl)c3Cl)c(Cl)c2Cl)ccc1O. The van der Waals surface area contributed by atoms with Gasteiger partial charge in [-0.1, -0.05) is 92.8 Å². The van der Waals surface area contributed by atoms with E-state index in [4.69, 9.17) is 114 Å². The summed E-state index contributed by atoms with van der Waals surface area (Å²) >= 11 is 52.4. The Kier molecular flexibility index (Phi) is 8.58. The number of halogens is 8. The van der Waals surface area contributed by atoms with Gasteiger partial charge < -0.3 is 31.2 Å². The molecule has 0 atom stereocenters. The summed E-state index contributed by atoms with van der Waals surface area (Å²) in [6.45, 7) is 0. The third-order valence-electron chi connectivity index (χ3n) is 5.13. The van der Waals surface area contributed by atoms with E-state index >= 15 is 0 Å². The number of hydrogen-bond acceptors (Lipinski definition) is 6. The Morgan fingerprint density at radius 3 is 1.03 bits per heavy atom. The maximum atomic E-state index is 9.65. The minimum Gasteiger partial charge on any atom is -0.506 e. The van der Waals surface area contributed by atoms with E-state index in [1.807, 2.05) is 0 Å². The first-order chi connectivity index (χ1) is 17.8. The summed E-state index contributed by atoms with van der Waals surface area (Å²) in [6.07, 6.45) is 0. The number of benzene rings is 4. The highest BCUT2D eigenvalue weighted by atomic mass is 35.5. The Balaban J connectivity index is 1.85. The fourth-order valence-electron chi connectivity index (χ4n) is 3.27. The molecule has 198 valence electrons. The summed E-state index contributed by atoms with van der Waals surface area (Å²) in [5, 5.41) is 18.2. The molecule has 0 saturated carbocycles. The van der Waals surface area contributed by atoms with Gasteiger partial charge in [-0.3, -0.25) is 0 Å². The molecule has 6 N–H and O–H groups in total. The van der Waals surface area contributed by atoms with Crippen LogP contribution in [0.4, 0.5) is 11.4 Å². The number of anilines is 2. The van der Waals surface area contributed by atoms with Crippen molar-refractivity contribution in [2.45, 2.75) is 0 Å². The van der Waals surface area contributed by atoms with Crippen LogP contribution in [-0.4, -0.2) is 10.2 Å². The molecule has 6 nitrogen and oxygen atoms in total. The third kappa shape index (κ3) is 5.25. The van der Waals surface area contributed by atoms with Crippen molar-refractivity contribution in [3.05, 3.63) is 76.6 Å². The van der Waals surface area contributed by atoms with Crippen molar-refractivity contribution < 1.29 is 19.7 Å². The van der Waals surface area contributed by atoms with Crippen LogP contribution < -0.4 is 20.9 Å². The number of nitrogens with two attached hydrogens (primary N) is 2. The number of hydrogen-bond donors (Lipinski definition) is 4. The van der Waals surface area contributed by atoms with Crippen molar-refractivity contribution in [1.29, 1.82) is 0 Å². The molecule has 0 saturated heterocycles. The molecule has 0 heterocycles. The van der Waals surface area contributed by atoms with E-state index in [0.29, 0.717) is 0 Å². The maximum Gasteiger partial charge on any atom is 0.167 e. The number of phenolic OH excluding ortho intramolecular Hbond substituents is 2. The predicted molar refractivity (Wildman–Crippen MR) is 157 cm³/mol. The average molecular weight is 676 g/mol. The lowest BCUT2D eigenvalue weighted by Gasteiger charge is -2.20. The van der Waals surface area contributed by atoms with Crippen LogP contribution in [0.25, 0.3) is 11.1 Å². The molecule has 0 amide bonds. The lowest BCUT2D eigenvalue weighted by atomic mass is 10.0. The van der Waals surface area contributed by atoms with E-state index in [9.17, 15) is 10.2 Å². The lowest BCUT2D eigenvalue weighted by molar-refractivity contribution is 0.467. The normalized spacial score (nSPS) is 11.1. The monoisotopic (exact) mass is 672 g/mol. The highest BCUT2D eigenvalue weighted by molar-refractivity contribution is 6.55. The third-order valence-corrected chi connectivity index (χ3v) is 8.48. The Bertz CT molecular complexity index is 1440. The van der Waals surface area contributed by atoms with Gasteiger partial charge in [-0.2, -0.15) is 0 Å². The molecular weight excluding hydrogens is 664 g/mol. The molecule has 0 bridgehead atoms. The molecular formula is C24H12Cl8N2O4. The Morgan fingerprint density at radius 2 is 0.763 bits per heavy atom. The van der Waals surface area contributed by atoms with Crippen LogP contribution >= 0.6 is 92.8 Å². The lowest BCUT2D eigenvalue weighted by Crippen LogP contribution is -1.96. The second kappa shape index (κ2) is 11.2. The smallest absolute Gasteiger partial charge is 0.167 e. The molecule has 0 radical (unpaired) electrons. The van der Waals surface area contributed by atoms with Crippen LogP contribution in [0.5, 0.6) is 34.5 Å². The van der Waals surface area contributed by atoms with Crippen molar-refractivity contribution >= 4 is 104 Å². The van der Waals surface area contributed by atoms with Gasteiger partial charge in [-0.15, -0.1) is 0 Å². The number of aromatic hydroxyl groups is 2. The Morgan fingerprint density at radius 1 is 0.474 bits per heavy atom. The van der Waals surface area contributed by atoms with Crippen molar-refractivity contribution in [2.75, 3.05) is 11.5 Å². The van der Waals surface area contributed by atoms with Crippen LogP contribution in [0.2, 0.25) is 40.2 Å². The molecule has 4 aromatic carbocycles. The molecule has 4 aromatic rings. The maximum absolute atomic E-state index is 9.65. The van der Waals surface area contributed by atoms with Gasteiger partial charge in [0.2, 0.25) is 0 Å². The van der Waals surface area contributed by atoms with Crippen molar-refractivity contribution in [3.63, 3.8) is 0 Å². The van der Waals surface area contributed by atoms with E-state index in [1.165, 1.54) is 36.4 Å². The molecule has 0 spiro atoms. The van der Waals surface area contributed by atoms with Crippen LogP contribution in [0.15, 0.2) is 36.4 Å². The summed E-state index contributed by atoms with van der Waals surface area (Å²) in [5.74, 6) is -0.0661. The largest absolute Gasteiger partial charge is 0.506 e. The number of ether oxygens (including phenoxy) is 2. The molecule has 0 aromatic heterocycles. The van der Waals surface area contributed by atoms with Crippen molar-refractivity contribution in [1.82, 2.24) is 0 Å². The summed E-state index contributed by atoms with van der Waals surface area (Å²) < 4.78 is 11.5. The van der Waals surface area contributed by atoms with E-state index in [2.05, 4.69) is 0 Å². The van der Waals surface area contributed by atoms with Gasteiger partial charge in [-0.05, 0) is 24.3 Å². The molecule has 14 heteroatoms. The zero-order chi connectivity index (χ0) is 28.0. The molecule has 0 unspecified atom stereocenters. The summed E-state index contributed by atoms with van der Waals surface area (Å²) in [7, 11) is 0. The topological polar surface area (TPSA) is 111 Å². The molecule has 38 heavy (non-hydrogen) atoms. The fraction of sp³-hybridized carbons (Fsp3) is 0. The van der Waals surface area contributed by atoms with Gasteiger partial charge in [-0.25, -0.2) is 0 Å². The number of phenols is 2. The van der Waals surface area contributed by atoms with Crippen LogP contribution in [0.1, 0.15) is 0 Å². The van der Waals surface area contributed by atoms with Crippen LogP contribution in [-0.2, 0) is 0 Å². The van der Waals surface area contributed by atoms with Gasteiger partial charge in [0.05, 0.1) is 31.5 Å². The second-order valence-corrected chi connectivity index (χ2v) is 10.6. The van der Waals surface area contributed by atoms with Gasteiger partial charge >= 0.3 is 0 Å². The fourth-order valence-corrected chi connectivity index (χ4v) is 5.47. The van der Waals surface area contributed by atoms with Crippen molar-refractivity contribution in [2.24, 2.45) is 0 Å². The summed E-state index contributed by atoms with van der Waals surface area (Å²) in [6, 6.07) is 8.22. The highest BCUT2D eigenvalue weighted by Gasteiger charge is 2.30. The number of rotatable bonds is 5. The van der Waals surface area contributed by atoms with Gasteiger partial charge in [0.15, 0.2) is 11.5 Å². The van der Waals surface area contributed by atoms with Crippen LogP contribution in [0, 0.1) is 0 Å². The molecule has 0 aliphatic heterocycles. The Labute approximate surface area is 256 Å². The highest BCUT2D eigenvalue weighted by Crippen LogP contribution is 2.57. The minimum atomic E-state index is -0.139. The quantitative estimate of drug-likeness (QED) is 0.0952.